The Bertz CT molecular complexity index is 362. The predicted molar refractivity (Wildman–Crippen MR) is 171 cm³/mol. The molecule has 0 aliphatic carbocycles. The Hall–Kier alpha value is -0.0400. The van der Waals surface area contributed by atoms with Gasteiger partial charge >= 0.3 is 0 Å². The minimum Gasteiger partial charge on any atom is -0.393 e. The molecule has 0 rings (SSSR count). The summed E-state index contributed by atoms with van der Waals surface area (Å²) in [5.41, 5.74) is 0. The number of unbranched alkanes of at least 4 members (excludes halogenated alkanes) is 22. The summed E-state index contributed by atoms with van der Waals surface area (Å²) >= 11 is 0. The van der Waals surface area contributed by atoms with E-state index in [-0.39, 0.29) is 6.10 Å². The van der Waals surface area contributed by atoms with Crippen molar-refractivity contribution in [1.82, 2.24) is 0 Å². The molecule has 224 valence electrons. The van der Waals surface area contributed by atoms with Crippen LogP contribution in [0.5, 0.6) is 0 Å². The summed E-state index contributed by atoms with van der Waals surface area (Å²) < 4.78 is 0. The van der Waals surface area contributed by atoms with Gasteiger partial charge in [0.25, 0.3) is 0 Å². The number of hydrogen-bond acceptors (Lipinski definition) is 1. The summed E-state index contributed by atoms with van der Waals surface area (Å²) in [6, 6.07) is 0. The fraction of sp³-hybridized carbons (Fsp3) is 0.944. The maximum Gasteiger partial charge on any atom is 0.0542 e. The number of hydrogen-bond donors (Lipinski definition) is 1. The lowest BCUT2D eigenvalue weighted by molar-refractivity contribution is 0.127. The molecular weight excluding hydrogens is 448 g/mol. The normalized spacial score (nSPS) is 12.8. The molecule has 1 heteroatoms. The molecule has 0 spiro atoms. The van der Waals surface area contributed by atoms with Crippen molar-refractivity contribution in [1.29, 1.82) is 0 Å². The average molecular weight is 523 g/mol. The molecule has 2 unspecified atom stereocenters. The monoisotopic (exact) mass is 523 g/mol. The van der Waals surface area contributed by atoms with Crippen molar-refractivity contribution in [2.45, 2.75) is 214 Å². The molecule has 37 heavy (non-hydrogen) atoms. The molecule has 0 aliphatic rings. The molecule has 0 saturated carbocycles. The van der Waals surface area contributed by atoms with Gasteiger partial charge < -0.3 is 5.11 Å². The maximum absolute atomic E-state index is 10.4. The first-order valence-electron chi connectivity index (χ1n) is 17.4. The van der Waals surface area contributed by atoms with Crippen LogP contribution in [-0.2, 0) is 0 Å². The third-order valence-corrected chi connectivity index (χ3v) is 7.93. The summed E-state index contributed by atoms with van der Waals surface area (Å²) in [6.07, 6.45) is 40.8. The van der Waals surface area contributed by atoms with Crippen molar-refractivity contribution in [3.05, 3.63) is 12.8 Å². The molecule has 0 aromatic rings. The van der Waals surface area contributed by atoms with E-state index in [9.17, 15) is 5.11 Å². The summed E-state index contributed by atoms with van der Waals surface area (Å²) in [5.74, 6) is 0.692. The zero-order valence-electron chi connectivity index (χ0n) is 26.8. The SMILES string of the molecule is CCCCCCCCC[CH]CC(CC)CC(O)CCCCCCCCCCCCCC.C[CH]CCCC. The van der Waals surface area contributed by atoms with E-state index in [4.69, 9.17) is 0 Å². The number of aliphatic hydroxyl groups is 1. The fourth-order valence-corrected chi connectivity index (χ4v) is 5.16. The van der Waals surface area contributed by atoms with Gasteiger partial charge in [-0.2, -0.15) is 0 Å². The summed E-state index contributed by atoms with van der Waals surface area (Å²) in [5, 5.41) is 10.4. The maximum atomic E-state index is 10.4. The van der Waals surface area contributed by atoms with Crippen molar-refractivity contribution in [3.8, 4) is 0 Å². The molecule has 0 amide bonds. The van der Waals surface area contributed by atoms with Crippen LogP contribution in [0.15, 0.2) is 0 Å². The van der Waals surface area contributed by atoms with Gasteiger partial charge in [0.1, 0.15) is 0 Å². The number of rotatable bonds is 29. The van der Waals surface area contributed by atoms with E-state index >= 15 is 0 Å². The highest BCUT2D eigenvalue weighted by atomic mass is 16.3. The van der Waals surface area contributed by atoms with Crippen LogP contribution in [-0.4, -0.2) is 11.2 Å². The van der Waals surface area contributed by atoms with Crippen LogP contribution >= 0.6 is 0 Å². The fourth-order valence-electron chi connectivity index (χ4n) is 5.16. The molecule has 0 aliphatic heterocycles. The lowest BCUT2D eigenvalue weighted by Crippen LogP contribution is -2.13. The average Bonchev–Trinajstić information content (AvgIpc) is 2.91. The van der Waals surface area contributed by atoms with Gasteiger partial charge in [0.05, 0.1) is 6.10 Å². The van der Waals surface area contributed by atoms with Crippen LogP contribution in [0.1, 0.15) is 208 Å². The van der Waals surface area contributed by atoms with E-state index in [1.165, 1.54) is 161 Å². The molecule has 2 atom stereocenters. The highest BCUT2D eigenvalue weighted by molar-refractivity contribution is 4.73. The molecule has 1 nitrogen and oxygen atoms in total. The van der Waals surface area contributed by atoms with Crippen LogP contribution in [0.3, 0.4) is 0 Å². The van der Waals surface area contributed by atoms with Gasteiger partial charge in [-0.1, -0.05) is 189 Å². The van der Waals surface area contributed by atoms with Gasteiger partial charge in [0.2, 0.25) is 0 Å². The molecule has 0 fully saturated rings. The first-order valence-corrected chi connectivity index (χ1v) is 17.4. The Morgan fingerprint density at radius 2 is 0.946 bits per heavy atom. The second-order valence-corrected chi connectivity index (χ2v) is 11.8. The number of aliphatic hydroxyl groups excluding tert-OH is 1. The van der Waals surface area contributed by atoms with Gasteiger partial charge in [0, 0.05) is 0 Å². The van der Waals surface area contributed by atoms with Gasteiger partial charge in [-0.25, -0.2) is 0 Å². The Balaban J connectivity index is 0. The second-order valence-electron chi connectivity index (χ2n) is 11.8. The smallest absolute Gasteiger partial charge is 0.0542 e. The highest BCUT2D eigenvalue weighted by Crippen LogP contribution is 2.22. The minimum absolute atomic E-state index is 0.0694. The van der Waals surface area contributed by atoms with Gasteiger partial charge in [-0.3, -0.25) is 0 Å². The molecule has 0 aromatic heterocycles. The third kappa shape index (κ3) is 36.0. The van der Waals surface area contributed by atoms with E-state index in [1.807, 2.05) is 0 Å². The highest BCUT2D eigenvalue weighted by Gasteiger charge is 2.12. The molecular formula is C36H74O. The van der Waals surface area contributed by atoms with Gasteiger partial charge in [-0.15, -0.1) is 0 Å². The molecule has 1 N–H and O–H groups in total. The van der Waals surface area contributed by atoms with Crippen LogP contribution in [0.2, 0.25) is 0 Å². The van der Waals surface area contributed by atoms with E-state index in [1.54, 1.807) is 0 Å². The molecule has 0 aromatic carbocycles. The summed E-state index contributed by atoms with van der Waals surface area (Å²) in [7, 11) is 0. The van der Waals surface area contributed by atoms with Crippen molar-refractivity contribution in [2.24, 2.45) is 5.92 Å². The van der Waals surface area contributed by atoms with Crippen molar-refractivity contribution in [3.63, 3.8) is 0 Å². The molecule has 0 heterocycles. The Kier molecular flexibility index (Phi) is 38.0. The molecule has 0 bridgehead atoms. The van der Waals surface area contributed by atoms with Crippen LogP contribution < -0.4 is 0 Å². The van der Waals surface area contributed by atoms with Crippen molar-refractivity contribution >= 4 is 0 Å². The van der Waals surface area contributed by atoms with Crippen molar-refractivity contribution < 1.29 is 5.11 Å². The minimum atomic E-state index is -0.0694. The first kappa shape index (κ1) is 39.1. The van der Waals surface area contributed by atoms with E-state index < -0.39 is 0 Å². The van der Waals surface area contributed by atoms with Gasteiger partial charge in [-0.05, 0) is 38.0 Å². The molecule has 2 radical (unpaired) electrons. The zero-order valence-corrected chi connectivity index (χ0v) is 26.8. The van der Waals surface area contributed by atoms with E-state index in [2.05, 4.69) is 47.5 Å². The Morgan fingerprint density at radius 3 is 1.35 bits per heavy atom. The van der Waals surface area contributed by atoms with Crippen LogP contribution in [0, 0.1) is 18.8 Å². The first-order chi connectivity index (χ1) is 18.2. The Labute approximate surface area is 237 Å². The summed E-state index contributed by atoms with van der Waals surface area (Å²) in [6.45, 7) is 11.2. The van der Waals surface area contributed by atoms with Gasteiger partial charge in [0.15, 0.2) is 0 Å². The quantitative estimate of drug-likeness (QED) is 0.0968. The zero-order chi connectivity index (χ0) is 27.7. The van der Waals surface area contributed by atoms with Crippen LogP contribution in [0.25, 0.3) is 0 Å². The lowest BCUT2D eigenvalue weighted by Gasteiger charge is -2.19. The predicted octanol–water partition coefficient (Wildman–Crippen LogP) is 13.0. The standard InChI is InChI=1S/C30H61O.C6H13/c1-4-7-9-11-13-15-16-17-19-21-23-25-27-30(31)28-29(6-3)26-24-22-20-18-14-12-10-8-5-2;1-3-5-6-4-2/h24,29-31H,4-23,25-28H2,1-3H3;3H,4-6H2,1-2H3. The lowest BCUT2D eigenvalue weighted by atomic mass is 9.90. The third-order valence-electron chi connectivity index (χ3n) is 7.93. The largest absolute Gasteiger partial charge is 0.393 e. The Morgan fingerprint density at radius 1 is 0.514 bits per heavy atom. The van der Waals surface area contributed by atoms with E-state index in [0.29, 0.717) is 5.92 Å². The topological polar surface area (TPSA) is 20.2 Å². The second kappa shape index (κ2) is 36.0. The van der Waals surface area contributed by atoms with E-state index in [0.717, 1.165) is 12.8 Å². The summed E-state index contributed by atoms with van der Waals surface area (Å²) in [4.78, 5) is 0. The van der Waals surface area contributed by atoms with Crippen LogP contribution in [0.4, 0.5) is 0 Å². The molecule has 0 saturated heterocycles. The van der Waals surface area contributed by atoms with Crippen molar-refractivity contribution in [2.75, 3.05) is 0 Å².